The van der Waals surface area contributed by atoms with E-state index in [1.807, 2.05) is 27.7 Å². The summed E-state index contributed by atoms with van der Waals surface area (Å²) >= 11 is 1.33. The SMILES string of the molecule is Cc1c(-c2ccc(F)cc2)nnn1-c1nc(C(=O)N(C)C(C)(C)C)cs1. The molecule has 6 nitrogen and oxygen atoms in total. The normalized spacial score (nSPS) is 11.6. The number of rotatable bonds is 3. The van der Waals surface area contributed by atoms with Crippen LogP contribution in [0.1, 0.15) is 37.0 Å². The van der Waals surface area contributed by atoms with Gasteiger partial charge in [0.2, 0.25) is 5.13 Å². The minimum Gasteiger partial charge on any atom is -0.336 e. The number of nitrogens with zero attached hydrogens (tertiary/aromatic N) is 5. The topological polar surface area (TPSA) is 63.9 Å². The Balaban J connectivity index is 1.91. The van der Waals surface area contributed by atoms with Crippen LogP contribution in [0.4, 0.5) is 4.39 Å². The van der Waals surface area contributed by atoms with Crippen LogP contribution >= 0.6 is 11.3 Å². The van der Waals surface area contributed by atoms with Gasteiger partial charge in [-0.15, -0.1) is 16.4 Å². The summed E-state index contributed by atoms with van der Waals surface area (Å²) in [6.07, 6.45) is 0. The number of benzene rings is 1. The molecule has 1 aromatic carbocycles. The van der Waals surface area contributed by atoms with Crippen molar-refractivity contribution in [1.82, 2.24) is 24.9 Å². The van der Waals surface area contributed by atoms with Gasteiger partial charge in [0.15, 0.2) is 0 Å². The zero-order chi connectivity index (χ0) is 19.1. The van der Waals surface area contributed by atoms with Gasteiger partial charge in [-0.25, -0.2) is 9.37 Å². The number of carbonyl (C=O) groups excluding carboxylic acids is 1. The van der Waals surface area contributed by atoms with E-state index in [0.717, 1.165) is 11.3 Å². The molecular formula is C18H20FN5OS. The van der Waals surface area contributed by atoms with Gasteiger partial charge >= 0.3 is 0 Å². The average molecular weight is 373 g/mol. The highest BCUT2D eigenvalue weighted by atomic mass is 32.1. The molecule has 0 bridgehead atoms. The van der Waals surface area contributed by atoms with E-state index < -0.39 is 0 Å². The Bertz CT molecular complexity index is 939. The maximum absolute atomic E-state index is 13.1. The van der Waals surface area contributed by atoms with Crippen molar-refractivity contribution in [3.05, 3.63) is 46.9 Å². The molecule has 136 valence electrons. The minimum absolute atomic E-state index is 0.142. The molecule has 3 rings (SSSR count). The lowest BCUT2D eigenvalue weighted by molar-refractivity contribution is 0.0650. The van der Waals surface area contributed by atoms with E-state index in [1.54, 1.807) is 34.1 Å². The monoisotopic (exact) mass is 373 g/mol. The molecule has 0 fully saturated rings. The fourth-order valence-electron chi connectivity index (χ4n) is 2.32. The maximum atomic E-state index is 13.1. The molecule has 2 heterocycles. The Morgan fingerprint density at radius 2 is 1.88 bits per heavy atom. The van der Waals surface area contributed by atoms with Crippen LogP contribution in [0.3, 0.4) is 0 Å². The van der Waals surface area contributed by atoms with Gasteiger partial charge in [0, 0.05) is 23.5 Å². The number of amides is 1. The van der Waals surface area contributed by atoms with E-state index in [0.29, 0.717) is 16.5 Å². The zero-order valence-electron chi connectivity index (χ0n) is 15.3. The molecule has 3 aromatic rings. The van der Waals surface area contributed by atoms with Crippen LogP contribution in [0.5, 0.6) is 0 Å². The number of thiazole rings is 1. The third kappa shape index (κ3) is 3.37. The quantitative estimate of drug-likeness (QED) is 0.702. The zero-order valence-corrected chi connectivity index (χ0v) is 16.1. The van der Waals surface area contributed by atoms with Crippen LogP contribution in [0.2, 0.25) is 0 Å². The van der Waals surface area contributed by atoms with Gasteiger partial charge in [0.05, 0.1) is 5.69 Å². The van der Waals surface area contributed by atoms with Crippen LogP contribution in [0.15, 0.2) is 29.6 Å². The Labute approximate surface area is 155 Å². The summed E-state index contributed by atoms with van der Waals surface area (Å²) in [4.78, 5) is 18.7. The number of carbonyl (C=O) groups is 1. The lowest BCUT2D eigenvalue weighted by Crippen LogP contribution is -2.42. The van der Waals surface area contributed by atoms with E-state index in [1.165, 1.54) is 23.5 Å². The molecule has 0 atom stereocenters. The van der Waals surface area contributed by atoms with Gasteiger partial charge in [-0.2, -0.15) is 4.68 Å². The first-order chi connectivity index (χ1) is 12.2. The molecule has 8 heteroatoms. The maximum Gasteiger partial charge on any atom is 0.273 e. The highest BCUT2D eigenvalue weighted by molar-refractivity contribution is 7.12. The van der Waals surface area contributed by atoms with E-state index in [9.17, 15) is 9.18 Å². The number of halogens is 1. The van der Waals surface area contributed by atoms with Crippen LogP contribution in [0, 0.1) is 12.7 Å². The number of hydrogen-bond donors (Lipinski definition) is 0. The highest BCUT2D eigenvalue weighted by Crippen LogP contribution is 2.25. The van der Waals surface area contributed by atoms with Gasteiger partial charge in [0.1, 0.15) is 17.2 Å². The predicted molar refractivity (Wildman–Crippen MR) is 99.0 cm³/mol. The van der Waals surface area contributed by atoms with Crippen molar-refractivity contribution >= 4 is 17.2 Å². The summed E-state index contributed by atoms with van der Waals surface area (Å²) in [5, 5.41) is 10.6. The second kappa shape index (κ2) is 6.60. The molecule has 0 aliphatic rings. The van der Waals surface area contributed by atoms with Crippen molar-refractivity contribution in [2.45, 2.75) is 33.2 Å². The Morgan fingerprint density at radius 1 is 1.23 bits per heavy atom. The molecular weight excluding hydrogens is 353 g/mol. The average Bonchev–Trinajstić information content (AvgIpc) is 3.20. The van der Waals surface area contributed by atoms with E-state index in [-0.39, 0.29) is 17.3 Å². The first-order valence-electron chi connectivity index (χ1n) is 8.11. The predicted octanol–water partition coefficient (Wildman–Crippen LogP) is 3.71. The van der Waals surface area contributed by atoms with Crippen molar-refractivity contribution in [3.63, 3.8) is 0 Å². The largest absolute Gasteiger partial charge is 0.336 e. The standard InChI is InChI=1S/C18H20FN5OS/c1-11-15(12-6-8-13(19)9-7-12)21-22-24(11)17-20-14(10-26-17)16(25)23(5)18(2,3)4/h6-10H,1-5H3. The van der Waals surface area contributed by atoms with Crippen molar-refractivity contribution in [2.24, 2.45) is 0 Å². The highest BCUT2D eigenvalue weighted by Gasteiger charge is 2.26. The number of hydrogen-bond acceptors (Lipinski definition) is 5. The summed E-state index contributed by atoms with van der Waals surface area (Å²) in [6.45, 7) is 7.76. The summed E-state index contributed by atoms with van der Waals surface area (Å²) < 4.78 is 14.7. The van der Waals surface area contributed by atoms with Gasteiger partial charge in [-0.1, -0.05) is 5.21 Å². The molecule has 0 radical (unpaired) electrons. The van der Waals surface area contributed by atoms with Crippen LogP contribution < -0.4 is 0 Å². The Kier molecular flexibility index (Phi) is 4.62. The first kappa shape index (κ1) is 18.2. The summed E-state index contributed by atoms with van der Waals surface area (Å²) in [7, 11) is 1.76. The molecule has 0 aliphatic heterocycles. The fraction of sp³-hybridized carbons (Fsp3) is 0.333. The molecule has 1 amide bonds. The Hall–Kier alpha value is -2.61. The molecule has 0 saturated carbocycles. The Morgan fingerprint density at radius 3 is 2.50 bits per heavy atom. The smallest absolute Gasteiger partial charge is 0.273 e. The van der Waals surface area contributed by atoms with E-state index in [4.69, 9.17) is 0 Å². The fourth-order valence-corrected chi connectivity index (χ4v) is 3.12. The van der Waals surface area contributed by atoms with Crippen molar-refractivity contribution in [1.29, 1.82) is 0 Å². The molecule has 2 aromatic heterocycles. The van der Waals surface area contributed by atoms with Gasteiger partial charge in [-0.3, -0.25) is 4.79 Å². The minimum atomic E-state index is -0.301. The molecule has 26 heavy (non-hydrogen) atoms. The summed E-state index contributed by atoms with van der Waals surface area (Å²) in [5.74, 6) is -0.443. The molecule has 0 spiro atoms. The van der Waals surface area contributed by atoms with Crippen molar-refractivity contribution in [3.8, 4) is 16.4 Å². The number of aromatic nitrogens is 4. The summed E-state index contributed by atoms with van der Waals surface area (Å²) in [6, 6.07) is 6.09. The third-order valence-electron chi connectivity index (χ3n) is 4.22. The molecule has 0 N–H and O–H groups in total. The second-order valence-corrected chi connectivity index (χ2v) is 7.83. The van der Waals surface area contributed by atoms with Crippen LogP contribution in [0.25, 0.3) is 16.4 Å². The first-order valence-corrected chi connectivity index (χ1v) is 8.99. The van der Waals surface area contributed by atoms with Gasteiger partial charge in [0.25, 0.3) is 5.91 Å². The lowest BCUT2D eigenvalue weighted by Gasteiger charge is -2.31. The van der Waals surface area contributed by atoms with E-state index in [2.05, 4.69) is 15.3 Å². The van der Waals surface area contributed by atoms with Crippen LogP contribution in [-0.4, -0.2) is 43.4 Å². The van der Waals surface area contributed by atoms with Gasteiger partial charge < -0.3 is 4.90 Å². The lowest BCUT2D eigenvalue weighted by atomic mass is 10.1. The van der Waals surface area contributed by atoms with Crippen LogP contribution in [-0.2, 0) is 0 Å². The molecule has 0 unspecified atom stereocenters. The van der Waals surface area contributed by atoms with Crippen molar-refractivity contribution < 1.29 is 9.18 Å². The molecule has 0 aliphatic carbocycles. The third-order valence-corrected chi connectivity index (χ3v) is 5.03. The van der Waals surface area contributed by atoms with E-state index >= 15 is 0 Å². The van der Waals surface area contributed by atoms with Crippen molar-refractivity contribution in [2.75, 3.05) is 7.05 Å². The second-order valence-electron chi connectivity index (χ2n) is 6.99. The summed E-state index contributed by atoms with van der Waals surface area (Å²) in [5.41, 5.74) is 2.28. The molecule has 0 saturated heterocycles. The van der Waals surface area contributed by atoms with Gasteiger partial charge in [-0.05, 0) is 52.0 Å².